The van der Waals surface area contributed by atoms with Crippen LogP contribution in [0.15, 0.2) is 60.7 Å². The zero-order valence-electron chi connectivity index (χ0n) is 17.8. The van der Waals surface area contributed by atoms with Gasteiger partial charge in [0.15, 0.2) is 0 Å². The average Bonchev–Trinajstić information content (AvgIpc) is 2.75. The lowest BCUT2D eigenvalue weighted by Gasteiger charge is -2.25. The highest BCUT2D eigenvalue weighted by molar-refractivity contribution is 5.84. The van der Waals surface area contributed by atoms with Crippen molar-refractivity contribution in [2.45, 2.75) is 32.8 Å². The Hall–Kier alpha value is -3.32. The number of rotatable bonds is 11. The van der Waals surface area contributed by atoms with E-state index >= 15 is 0 Å². The number of ether oxygens (including phenoxy) is 2. The maximum absolute atomic E-state index is 12.6. The minimum absolute atomic E-state index is 0.0877. The number of carboxylic acid groups (broad SMARTS) is 1. The smallest absolute Gasteiger partial charge is 0.412 e. The third-order valence-electron chi connectivity index (χ3n) is 4.64. The molecule has 0 unspecified atom stereocenters. The van der Waals surface area contributed by atoms with E-state index in [-0.39, 0.29) is 19.1 Å². The number of carbonyl (C=O) groups is 2. The zero-order chi connectivity index (χ0) is 22.6. The summed E-state index contributed by atoms with van der Waals surface area (Å²) < 4.78 is 11.3. The van der Waals surface area contributed by atoms with Crippen LogP contribution in [0, 0.1) is 12.8 Å². The summed E-state index contributed by atoms with van der Waals surface area (Å²) in [6.45, 7) is 3.97. The van der Waals surface area contributed by atoms with Crippen molar-refractivity contribution in [3.05, 3.63) is 71.8 Å². The molecule has 0 radical (unpaired) electrons. The first-order valence-corrected chi connectivity index (χ1v) is 10.2. The van der Waals surface area contributed by atoms with Crippen LogP contribution >= 0.6 is 0 Å². The Labute approximate surface area is 182 Å². The molecule has 31 heavy (non-hydrogen) atoms. The molecule has 2 rings (SSSR count). The van der Waals surface area contributed by atoms with Gasteiger partial charge in [0.05, 0.1) is 6.61 Å². The number of aryl methyl sites for hydroxylation is 1. The molecule has 0 bridgehead atoms. The second-order valence-electron chi connectivity index (χ2n) is 7.26. The van der Waals surface area contributed by atoms with Crippen LogP contribution in [-0.4, -0.2) is 35.5 Å². The van der Waals surface area contributed by atoms with E-state index in [0.29, 0.717) is 24.3 Å². The first-order chi connectivity index (χ1) is 14.9. The number of carbonyl (C=O) groups excluding carboxylic acids is 1. The third-order valence-corrected chi connectivity index (χ3v) is 4.64. The van der Waals surface area contributed by atoms with Crippen LogP contribution in [0.25, 0.3) is 0 Å². The molecule has 0 aromatic heterocycles. The van der Waals surface area contributed by atoms with Crippen LogP contribution in [0.1, 0.15) is 37.0 Å². The number of amides is 1. The van der Waals surface area contributed by atoms with Crippen molar-refractivity contribution in [1.82, 2.24) is 0 Å². The van der Waals surface area contributed by atoms with Gasteiger partial charge in [0.25, 0.3) is 0 Å². The van der Waals surface area contributed by atoms with E-state index in [2.05, 4.69) is 5.32 Å². The van der Waals surface area contributed by atoms with Gasteiger partial charge in [-0.25, -0.2) is 9.59 Å². The van der Waals surface area contributed by atoms with Crippen LogP contribution in [0.4, 0.5) is 10.5 Å². The Morgan fingerprint density at radius 3 is 2.58 bits per heavy atom. The van der Waals surface area contributed by atoms with Gasteiger partial charge in [-0.1, -0.05) is 42.8 Å². The van der Waals surface area contributed by atoms with Gasteiger partial charge < -0.3 is 19.7 Å². The summed E-state index contributed by atoms with van der Waals surface area (Å²) in [5.41, 5.74) is 2.47. The first kappa shape index (κ1) is 24.0. The van der Waals surface area contributed by atoms with Gasteiger partial charge >= 0.3 is 12.1 Å². The van der Waals surface area contributed by atoms with Gasteiger partial charge in [0, 0.05) is 11.8 Å². The molecule has 3 N–H and O–H groups in total. The van der Waals surface area contributed by atoms with Crippen LogP contribution in [0.2, 0.25) is 0 Å². The lowest BCUT2D eigenvalue weighted by Crippen LogP contribution is -2.22. The fourth-order valence-electron chi connectivity index (χ4n) is 3.05. The van der Waals surface area contributed by atoms with Gasteiger partial charge in [-0.05, 0) is 55.5 Å². The summed E-state index contributed by atoms with van der Waals surface area (Å²) in [5.74, 6) is -0.515. The van der Waals surface area contributed by atoms with Crippen molar-refractivity contribution in [3.63, 3.8) is 0 Å². The standard InChI is InChI=1S/C24H29NO6/c1-17-10-12-20(13-11-17)25-24(29)31-23(18(2)6-3-4-9-22(27)28)19-7-5-8-21(16-19)30-15-14-26/h4-5,7-13,16,18,23,26H,3,6,14-15H2,1-2H3,(H,25,29)(H,27,28)/b9-4+/t18-,23+/m1/s1. The largest absolute Gasteiger partial charge is 0.491 e. The molecule has 0 aliphatic carbocycles. The quantitative estimate of drug-likeness (QED) is 0.449. The number of hydrogen-bond donors (Lipinski definition) is 3. The second kappa shape index (κ2) is 12.4. The summed E-state index contributed by atoms with van der Waals surface area (Å²) in [6, 6.07) is 14.6. The van der Waals surface area contributed by atoms with E-state index in [0.717, 1.165) is 17.2 Å². The highest BCUT2D eigenvalue weighted by atomic mass is 16.6. The molecule has 0 saturated heterocycles. The number of hydrogen-bond acceptors (Lipinski definition) is 5. The predicted octanol–water partition coefficient (Wildman–Crippen LogP) is 4.71. The molecule has 166 valence electrons. The Bertz CT molecular complexity index is 878. The number of carboxylic acids is 1. The summed E-state index contributed by atoms with van der Waals surface area (Å²) in [7, 11) is 0. The molecule has 1 amide bonds. The lowest BCUT2D eigenvalue weighted by atomic mass is 9.93. The molecule has 2 aromatic rings. The fourth-order valence-corrected chi connectivity index (χ4v) is 3.05. The SMILES string of the molecule is Cc1ccc(NC(=O)O[C@H](c2cccc(OCCO)c2)[C@H](C)CC/C=C/C(=O)O)cc1. The van der Waals surface area contributed by atoms with E-state index in [4.69, 9.17) is 19.7 Å². The van der Waals surface area contributed by atoms with Crippen molar-refractivity contribution in [2.75, 3.05) is 18.5 Å². The molecule has 0 heterocycles. The third kappa shape index (κ3) is 8.52. The van der Waals surface area contributed by atoms with E-state index in [9.17, 15) is 9.59 Å². The molecule has 7 heteroatoms. The Morgan fingerprint density at radius 2 is 1.90 bits per heavy atom. The second-order valence-corrected chi connectivity index (χ2v) is 7.26. The van der Waals surface area contributed by atoms with Crippen LogP contribution in [0.5, 0.6) is 5.75 Å². The predicted molar refractivity (Wildman–Crippen MR) is 118 cm³/mol. The summed E-state index contributed by atoms with van der Waals surface area (Å²) in [5, 5.41) is 20.5. The molecule has 2 atom stereocenters. The average molecular weight is 427 g/mol. The van der Waals surface area contributed by atoms with Crippen molar-refractivity contribution in [2.24, 2.45) is 5.92 Å². The number of anilines is 1. The van der Waals surface area contributed by atoms with Gasteiger partial charge in [0.1, 0.15) is 18.5 Å². The monoisotopic (exact) mass is 427 g/mol. The van der Waals surface area contributed by atoms with Crippen LogP contribution in [-0.2, 0) is 9.53 Å². The lowest BCUT2D eigenvalue weighted by molar-refractivity contribution is -0.131. The van der Waals surface area contributed by atoms with Crippen molar-refractivity contribution >= 4 is 17.7 Å². The molecular weight excluding hydrogens is 398 g/mol. The fraction of sp³-hybridized carbons (Fsp3) is 0.333. The van der Waals surface area contributed by atoms with Crippen LogP contribution < -0.4 is 10.1 Å². The zero-order valence-corrected chi connectivity index (χ0v) is 17.8. The highest BCUT2D eigenvalue weighted by Crippen LogP contribution is 2.32. The van der Waals surface area contributed by atoms with Gasteiger partial charge in [-0.3, -0.25) is 5.32 Å². The number of aliphatic carboxylic acids is 1. The number of aliphatic hydroxyl groups excluding tert-OH is 1. The molecule has 0 aliphatic heterocycles. The Balaban J connectivity index is 2.15. The van der Waals surface area contributed by atoms with Gasteiger partial charge in [-0.2, -0.15) is 0 Å². The van der Waals surface area contributed by atoms with Gasteiger partial charge in [-0.15, -0.1) is 0 Å². The topological polar surface area (TPSA) is 105 Å². The Kier molecular flexibility index (Phi) is 9.58. The molecule has 2 aromatic carbocycles. The highest BCUT2D eigenvalue weighted by Gasteiger charge is 2.24. The summed E-state index contributed by atoms with van der Waals surface area (Å²) in [6.07, 6.45) is 2.70. The summed E-state index contributed by atoms with van der Waals surface area (Å²) >= 11 is 0. The van der Waals surface area contributed by atoms with Crippen LogP contribution in [0.3, 0.4) is 0 Å². The van der Waals surface area contributed by atoms with E-state index in [1.165, 1.54) is 0 Å². The van der Waals surface area contributed by atoms with Crippen molar-refractivity contribution < 1.29 is 29.3 Å². The Morgan fingerprint density at radius 1 is 1.16 bits per heavy atom. The first-order valence-electron chi connectivity index (χ1n) is 10.2. The molecule has 0 saturated carbocycles. The number of aliphatic hydroxyl groups is 1. The van der Waals surface area contributed by atoms with E-state index in [1.807, 2.05) is 32.0 Å². The summed E-state index contributed by atoms with van der Waals surface area (Å²) in [4.78, 5) is 23.2. The number of nitrogens with one attached hydrogen (secondary N) is 1. The molecule has 0 aliphatic rings. The molecule has 0 spiro atoms. The molecule has 0 fully saturated rings. The van der Waals surface area contributed by atoms with E-state index in [1.54, 1.807) is 36.4 Å². The molecule has 7 nitrogen and oxygen atoms in total. The number of benzene rings is 2. The number of allylic oxidation sites excluding steroid dienone is 1. The minimum Gasteiger partial charge on any atom is -0.491 e. The van der Waals surface area contributed by atoms with E-state index < -0.39 is 18.2 Å². The molecular formula is C24H29NO6. The van der Waals surface area contributed by atoms with Crippen molar-refractivity contribution in [3.8, 4) is 5.75 Å². The maximum atomic E-state index is 12.6. The maximum Gasteiger partial charge on any atom is 0.412 e. The minimum atomic E-state index is -0.994. The van der Waals surface area contributed by atoms with Gasteiger partial charge in [0.2, 0.25) is 0 Å². The normalized spacial score (nSPS) is 12.9. The van der Waals surface area contributed by atoms with Crippen molar-refractivity contribution in [1.29, 1.82) is 0 Å².